The number of hydrogen-bond donors (Lipinski definition) is 0. The summed E-state index contributed by atoms with van der Waals surface area (Å²) in [6, 6.07) is 0. The number of nitrogens with zero attached hydrogens (tertiary/aromatic N) is 6. The van der Waals surface area contributed by atoms with E-state index in [1.54, 1.807) is 0 Å². The molecule has 8 heteroatoms. The van der Waals surface area contributed by atoms with E-state index in [0.717, 1.165) is 37.4 Å². The Morgan fingerprint density at radius 3 is 2.48 bits per heavy atom. The van der Waals surface area contributed by atoms with Gasteiger partial charge in [-0.25, -0.2) is 14.4 Å². The number of ether oxygens (including phenoxy) is 1. The van der Waals surface area contributed by atoms with Gasteiger partial charge in [-0.1, -0.05) is 0 Å². The molecular weight excluding hydrogens is 323 g/mol. The van der Waals surface area contributed by atoms with Crippen LogP contribution in [0.5, 0.6) is 0 Å². The molecule has 2 aliphatic heterocycles. The Kier molecular flexibility index (Phi) is 4.37. The first-order valence-corrected chi connectivity index (χ1v) is 8.86. The first-order chi connectivity index (χ1) is 12.1. The molecule has 2 aromatic heterocycles. The standard InChI is InChI=1S/C17H23FN6O/c1-11-12(2)20-15-14(19-11)16(24-5-3-4-13(18)10-24)22-17(21-15)23-6-8-25-9-7-23/h13H,3-10H2,1-2H3/t13-/m1/s1. The summed E-state index contributed by atoms with van der Waals surface area (Å²) in [7, 11) is 0. The lowest BCUT2D eigenvalue weighted by Crippen LogP contribution is -2.39. The quantitative estimate of drug-likeness (QED) is 0.821. The molecule has 7 nitrogen and oxygen atoms in total. The van der Waals surface area contributed by atoms with Crippen molar-refractivity contribution in [2.45, 2.75) is 32.9 Å². The van der Waals surface area contributed by atoms with Crippen LogP contribution in [0, 0.1) is 13.8 Å². The molecule has 2 fully saturated rings. The zero-order chi connectivity index (χ0) is 17.4. The van der Waals surface area contributed by atoms with Crippen LogP contribution in [-0.4, -0.2) is 65.5 Å². The molecule has 0 radical (unpaired) electrons. The maximum absolute atomic E-state index is 14.0. The van der Waals surface area contributed by atoms with Gasteiger partial charge in [-0.3, -0.25) is 0 Å². The maximum Gasteiger partial charge on any atom is 0.229 e. The van der Waals surface area contributed by atoms with Gasteiger partial charge in [0, 0.05) is 19.6 Å². The fraction of sp³-hybridized carbons (Fsp3) is 0.647. The second kappa shape index (κ2) is 6.67. The highest BCUT2D eigenvalue weighted by Gasteiger charge is 2.25. The number of anilines is 2. The summed E-state index contributed by atoms with van der Waals surface area (Å²) in [6.07, 6.45) is 0.599. The van der Waals surface area contributed by atoms with Crippen molar-refractivity contribution >= 4 is 22.9 Å². The van der Waals surface area contributed by atoms with E-state index >= 15 is 0 Å². The lowest BCUT2D eigenvalue weighted by atomic mass is 10.1. The van der Waals surface area contributed by atoms with Crippen molar-refractivity contribution < 1.29 is 9.13 Å². The summed E-state index contributed by atoms with van der Waals surface area (Å²) >= 11 is 0. The highest BCUT2D eigenvalue weighted by atomic mass is 19.1. The normalized spacial score (nSPS) is 21.8. The Hall–Kier alpha value is -2.09. The van der Waals surface area contributed by atoms with Crippen LogP contribution < -0.4 is 9.80 Å². The molecule has 4 heterocycles. The largest absolute Gasteiger partial charge is 0.378 e. The van der Waals surface area contributed by atoms with Crippen LogP contribution in [0.3, 0.4) is 0 Å². The molecule has 2 aromatic rings. The van der Waals surface area contributed by atoms with Gasteiger partial charge in [-0.05, 0) is 26.7 Å². The summed E-state index contributed by atoms with van der Waals surface area (Å²) in [5, 5.41) is 0. The van der Waals surface area contributed by atoms with Gasteiger partial charge in [-0.15, -0.1) is 0 Å². The minimum absolute atomic E-state index is 0.350. The number of hydrogen-bond acceptors (Lipinski definition) is 7. The lowest BCUT2D eigenvalue weighted by Gasteiger charge is -2.32. The van der Waals surface area contributed by atoms with Crippen LogP contribution in [0.4, 0.5) is 16.2 Å². The number of rotatable bonds is 2. The van der Waals surface area contributed by atoms with Gasteiger partial charge in [0.25, 0.3) is 0 Å². The Balaban J connectivity index is 1.83. The van der Waals surface area contributed by atoms with Crippen LogP contribution in [0.1, 0.15) is 24.2 Å². The second-order valence-corrected chi connectivity index (χ2v) is 6.70. The van der Waals surface area contributed by atoms with E-state index in [1.807, 2.05) is 18.7 Å². The van der Waals surface area contributed by atoms with Crippen LogP contribution in [0.15, 0.2) is 0 Å². The van der Waals surface area contributed by atoms with Gasteiger partial charge in [0.1, 0.15) is 6.17 Å². The Morgan fingerprint density at radius 2 is 1.72 bits per heavy atom. The number of fused-ring (bicyclic) bond motifs is 1. The summed E-state index contributed by atoms with van der Waals surface area (Å²) in [4.78, 5) is 22.8. The molecule has 1 atom stereocenters. The Bertz CT molecular complexity index is 779. The van der Waals surface area contributed by atoms with Crippen LogP contribution in [0.2, 0.25) is 0 Å². The van der Waals surface area contributed by atoms with Crippen molar-refractivity contribution in [3.63, 3.8) is 0 Å². The van der Waals surface area contributed by atoms with Gasteiger partial charge in [0.05, 0.1) is 31.1 Å². The molecule has 2 saturated heterocycles. The third-order valence-electron chi connectivity index (χ3n) is 4.87. The van der Waals surface area contributed by atoms with Gasteiger partial charge in [-0.2, -0.15) is 9.97 Å². The SMILES string of the molecule is Cc1nc2nc(N3CCOCC3)nc(N3CCC[C@@H](F)C3)c2nc1C. The number of piperidine rings is 1. The topological polar surface area (TPSA) is 67.3 Å². The van der Waals surface area contributed by atoms with E-state index < -0.39 is 6.17 Å². The number of morpholine rings is 1. The summed E-state index contributed by atoms with van der Waals surface area (Å²) in [6.45, 7) is 7.79. The van der Waals surface area contributed by atoms with Crippen molar-refractivity contribution in [2.24, 2.45) is 0 Å². The molecule has 0 aromatic carbocycles. The minimum atomic E-state index is -0.829. The van der Waals surface area contributed by atoms with Crippen LogP contribution in [0.25, 0.3) is 11.2 Å². The zero-order valence-corrected chi connectivity index (χ0v) is 14.7. The van der Waals surface area contributed by atoms with Gasteiger partial charge in [0.15, 0.2) is 17.0 Å². The highest BCUT2D eigenvalue weighted by molar-refractivity contribution is 5.84. The fourth-order valence-electron chi connectivity index (χ4n) is 3.33. The van der Waals surface area contributed by atoms with Crippen molar-refractivity contribution in [1.82, 2.24) is 19.9 Å². The summed E-state index contributed by atoms with van der Waals surface area (Å²) in [5.41, 5.74) is 2.95. The van der Waals surface area contributed by atoms with Crippen LogP contribution >= 0.6 is 0 Å². The molecule has 0 aliphatic carbocycles. The molecule has 0 spiro atoms. The molecule has 134 valence electrons. The molecule has 4 rings (SSSR count). The molecule has 0 amide bonds. The lowest BCUT2D eigenvalue weighted by molar-refractivity contribution is 0.122. The van der Waals surface area contributed by atoms with E-state index in [2.05, 4.69) is 19.9 Å². The predicted molar refractivity (Wildman–Crippen MR) is 94.0 cm³/mol. The van der Waals surface area contributed by atoms with E-state index in [0.29, 0.717) is 49.1 Å². The summed E-state index contributed by atoms with van der Waals surface area (Å²) < 4.78 is 19.4. The first kappa shape index (κ1) is 16.4. The number of aryl methyl sites for hydroxylation is 2. The monoisotopic (exact) mass is 346 g/mol. The molecule has 0 bridgehead atoms. The van der Waals surface area contributed by atoms with Crippen LogP contribution in [-0.2, 0) is 4.74 Å². The molecule has 0 unspecified atom stereocenters. The maximum atomic E-state index is 14.0. The third-order valence-corrected chi connectivity index (χ3v) is 4.87. The predicted octanol–water partition coefficient (Wildman–Crippen LogP) is 1.81. The summed E-state index contributed by atoms with van der Waals surface area (Å²) in [5.74, 6) is 1.33. The minimum Gasteiger partial charge on any atom is -0.378 e. The van der Waals surface area contributed by atoms with E-state index in [4.69, 9.17) is 9.72 Å². The van der Waals surface area contributed by atoms with Gasteiger partial charge < -0.3 is 14.5 Å². The Labute approximate surface area is 146 Å². The molecule has 25 heavy (non-hydrogen) atoms. The number of alkyl halides is 1. The number of halogens is 1. The average molecular weight is 346 g/mol. The molecule has 2 aliphatic rings. The second-order valence-electron chi connectivity index (χ2n) is 6.70. The van der Waals surface area contributed by atoms with Gasteiger partial charge in [0.2, 0.25) is 5.95 Å². The molecular formula is C17H23FN6O. The van der Waals surface area contributed by atoms with Crippen molar-refractivity contribution in [3.8, 4) is 0 Å². The van der Waals surface area contributed by atoms with Crippen molar-refractivity contribution in [1.29, 1.82) is 0 Å². The van der Waals surface area contributed by atoms with E-state index in [9.17, 15) is 4.39 Å². The zero-order valence-electron chi connectivity index (χ0n) is 14.7. The highest BCUT2D eigenvalue weighted by Crippen LogP contribution is 2.28. The van der Waals surface area contributed by atoms with Crippen molar-refractivity contribution in [2.75, 3.05) is 49.2 Å². The molecule has 0 N–H and O–H groups in total. The first-order valence-electron chi connectivity index (χ1n) is 8.86. The van der Waals surface area contributed by atoms with Gasteiger partial charge >= 0.3 is 0 Å². The van der Waals surface area contributed by atoms with E-state index in [1.165, 1.54) is 0 Å². The average Bonchev–Trinajstić information content (AvgIpc) is 2.63. The Morgan fingerprint density at radius 1 is 0.960 bits per heavy atom. The molecule has 0 saturated carbocycles. The third kappa shape index (κ3) is 3.22. The smallest absolute Gasteiger partial charge is 0.229 e. The number of aromatic nitrogens is 4. The van der Waals surface area contributed by atoms with E-state index in [-0.39, 0.29) is 0 Å². The van der Waals surface area contributed by atoms with Crippen molar-refractivity contribution in [3.05, 3.63) is 11.4 Å². The fourth-order valence-corrected chi connectivity index (χ4v) is 3.33.